The summed E-state index contributed by atoms with van der Waals surface area (Å²) in [4.78, 5) is 0.158. The van der Waals surface area contributed by atoms with Gasteiger partial charge < -0.3 is 0 Å². The largest absolute Gasteiger partial charge is 0.416 e. The Morgan fingerprint density at radius 2 is 1.61 bits per heavy atom. The molecule has 1 aliphatic rings. The van der Waals surface area contributed by atoms with Crippen molar-refractivity contribution in [3.05, 3.63) is 89.5 Å². The number of hydrogen-bond donors (Lipinski definition) is 1. The zero-order valence-corrected chi connectivity index (χ0v) is 18.2. The molecule has 5 nitrogen and oxygen atoms in total. The van der Waals surface area contributed by atoms with Crippen LogP contribution in [0.25, 0.3) is 22.5 Å². The smallest absolute Gasteiger partial charge is 0.277 e. The molecule has 0 fully saturated rings. The molecule has 0 saturated carbocycles. The Bertz CT molecular complexity index is 1440. The Morgan fingerprint density at radius 1 is 0.939 bits per heavy atom. The van der Waals surface area contributed by atoms with Gasteiger partial charge in [0.05, 0.1) is 34.1 Å². The number of sulfonamides is 1. The fraction of sp³-hybridized carbons (Fsp3) is 0.125. The second kappa shape index (κ2) is 7.48. The molecule has 33 heavy (non-hydrogen) atoms. The number of para-hydroxylation sites is 1. The van der Waals surface area contributed by atoms with Crippen LogP contribution in [0.4, 0.5) is 18.9 Å². The van der Waals surface area contributed by atoms with Gasteiger partial charge in [-0.25, -0.2) is 8.42 Å². The molecule has 0 radical (unpaired) electrons. The number of rotatable bonds is 3. The fourth-order valence-electron chi connectivity index (χ4n) is 3.98. The van der Waals surface area contributed by atoms with E-state index in [0.29, 0.717) is 33.8 Å². The third kappa shape index (κ3) is 3.58. The van der Waals surface area contributed by atoms with Crippen LogP contribution in [0.2, 0.25) is 0 Å². The molecule has 0 unspecified atom stereocenters. The van der Waals surface area contributed by atoms with E-state index in [1.807, 2.05) is 6.92 Å². The van der Waals surface area contributed by atoms with Gasteiger partial charge in [0.2, 0.25) is 0 Å². The Morgan fingerprint density at radius 3 is 2.27 bits per heavy atom. The number of benzene rings is 3. The molecule has 0 spiro atoms. The number of aromatic amines is 1. The van der Waals surface area contributed by atoms with Crippen molar-refractivity contribution in [2.45, 2.75) is 24.5 Å². The highest BCUT2D eigenvalue weighted by molar-refractivity contribution is 7.92. The zero-order valence-electron chi connectivity index (χ0n) is 17.4. The number of halogens is 3. The topological polar surface area (TPSA) is 66.1 Å². The Hall–Kier alpha value is -3.59. The monoisotopic (exact) mass is 469 g/mol. The molecule has 9 heteroatoms. The first-order valence-electron chi connectivity index (χ1n) is 10.1. The quantitative estimate of drug-likeness (QED) is 0.414. The first-order chi connectivity index (χ1) is 15.7. The minimum Gasteiger partial charge on any atom is -0.277 e. The van der Waals surface area contributed by atoms with E-state index in [9.17, 15) is 21.6 Å². The highest BCUT2D eigenvalue weighted by Gasteiger charge is 2.35. The van der Waals surface area contributed by atoms with Crippen LogP contribution in [0.1, 0.15) is 16.7 Å². The molecule has 4 aromatic rings. The van der Waals surface area contributed by atoms with Crippen molar-refractivity contribution in [2.75, 3.05) is 4.31 Å². The Kier molecular flexibility index (Phi) is 4.82. The Balaban J connectivity index is 1.63. The van der Waals surface area contributed by atoms with E-state index in [-0.39, 0.29) is 11.4 Å². The van der Waals surface area contributed by atoms with Crippen LogP contribution in [-0.4, -0.2) is 18.6 Å². The van der Waals surface area contributed by atoms with Gasteiger partial charge in [-0.15, -0.1) is 0 Å². The van der Waals surface area contributed by atoms with E-state index in [1.54, 1.807) is 48.5 Å². The minimum atomic E-state index is -4.44. The molecule has 1 N–H and O–H groups in total. The number of aryl methyl sites for hydroxylation is 1. The first kappa shape index (κ1) is 21.3. The van der Waals surface area contributed by atoms with E-state index >= 15 is 0 Å². The minimum absolute atomic E-state index is 0.00455. The van der Waals surface area contributed by atoms with Crippen molar-refractivity contribution in [3.8, 4) is 22.5 Å². The molecule has 168 valence electrons. The van der Waals surface area contributed by atoms with Crippen LogP contribution in [-0.2, 0) is 22.7 Å². The van der Waals surface area contributed by atoms with Crippen LogP contribution < -0.4 is 4.31 Å². The van der Waals surface area contributed by atoms with Crippen LogP contribution in [0.3, 0.4) is 0 Å². The molecular weight excluding hydrogens is 451 g/mol. The van der Waals surface area contributed by atoms with Crippen LogP contribution in [0.5, 0.6) is 0 Å². The van der Waals surface area contributed by atoms with Crippen molar-refractivity contribution in [1.29, 1.82) is 0 Å². The summed E-state index contributed by atoms with van der Waals surface area (Å²) in [5.41, 5.74) is 3.47. The third-order valence-corrected chi connectivity index (χ3v) is 7.48. The van der Waals surface area contributed by atoms with Gasteiger partial charge in [0.15, 0.2) is 0 Å². The van der Waals surface area contributed by atoms with Gasteiger partial charge in [0.25, 0.3) is 10.0 Å². The van der Waals surface area contributed by atoms with Crippen molar-refractivity contribution >= 4 is 15.7 Å². The number of nitrogens with one attached hydrogen (secondary N) is 1. The lowest BCUT2D eigenvalue weighted by Gasteiger charge is -2.30. The normalized spacial score (nSPS) is 13.5. The number of alkyl halides is 3. The molecule has 1 aliphatic heterocycles. The summed E-state index contributed by atoms with van der Waals surface area (Å²) in [7, 11) is -3.89. The van der Waals surface area contributed by atoms with Gasteiger partial charge in [-0.1, -0.05) is 48.0 Å². The predicted octanol–water partition coefficient (Wildman–Crippen LogP) is 5.78. The second-order valence-corrected chi connectivity index (χ2v) is 9.71. The SMILES string of the molecule is Cc1ccc(S(=O)(=O)N2Cc3c(-c4ccc(C(F)(F)F)cc4)n[nH]c3-c3ccccc32)cc1. The molecule has 1 aromatic heterocycles. The second-order valence-electron chi connectivity index (χ2n) is 7.84. The molecule has 5 rings (SSSR count). The fourth-order valence-corrected chi connectivity index (χ4v) is 5.43. The lowest BCUT2D eigenvalue weighted by molar-refractivity contribution is -0.137. The number of nitrogens with zero attached hydrogens (tertiary/aromatic N) is 2. The molecule has 0 atom stereocenters. The number of hydrogen-bond acceptors (Lipinski definition) is 3. The molecule has 0 saturated heterocycles. The summed E-state index contributed by atoms with van der Waals surface area (Å²) in [6.07, 6.45) is -4.44. The summed E-state index contributed by atoms with van der Waals surface area (Å²) in [5, 5.41) is 7.28. The average Bonchev–Trinajstić information content (AvgIpc) is 3.23. The summed E-state index contributed by atoms with van der Waals surface area (Å²) in [6, 6.07) is 18.3. The Labute approximate surface area is 188 Å². The van der Waals surface area contributed by atoms with Gasteiger partial charge in [0.1, 0.15) is 0 Å². The number of H-pyrrole nitrogens is 1. The summed E-state index contributed by atoms with van der Waals surface area (Å²) >= 11 is 0. The van der Waals surface area contributed by atoms with Gasteiger partial charge >= 0.3 is 6.18 Å². The number of fused-ring (bicyclic) bond motifs is 3. The van der Waals surface area contributed by atoms with E-state index in [2.05, 4.69) is 10.2 Å². The van der Waals surface area contributed by atoms with Crippen molar-refractivity contribution in [3.63, 3.8) is 0 Å². The highest BCUT2D eigenvalue weighted by atomic mass is 32.2. The van der Waals surface area contributed by atoms with Crippen molar-refractivity contribution < 1.29 is 21.6 Å². The van der Waals surface area contributed by atoms with Crippen LogP contribution in [0.15, 0.2) is 77.7 Å². The van der Waals surface area contributed by atoms with E-state index in [4.69, 9.17) is 0 Å². The van der Waals surface area contributed by atoms with Crippen LogP contribution in [0, 0.1) is 6.92 Å². The van der Waals surface area contributed by atoms with Crippen molar-refractivity contribution in [2.24, 2.45) is 0 Å². The molecular formula is C24H18F3N3O2S. The third-order valence-electron chi connectivity index (χ3n) is 5.71. The molecule has 0 bridgehead atoms. The molecule has 2 heterocycles. The lowest BCUT2D eigenvalue weighted by Crippen LogP contribution is -2.33. The van der Waals surface area contributed by atoms with E-state index in [0.717, 1.165) is 17.7 Å². The average molecular weight is 469 g/mol. The predicted molar refractivity (Wildman–Crippen MR) is 119 cm³/mol. The standard InChI is InChI=1S/C24H18F3N3O2S/c1-15-6-12-18(13-7-15)33(31,32)30-14-20-22(16-8-10-17(11-9-16)24(25,26)27)28-29-23(20)19-4-2-3-5-21(19)30/h2-13H,14H2,1H3,(H,28,29). The zero-order chi connectivity index (χ0) is 23.4. The van der Waals surface area contributed by atoms with E-state index in [1.165, 1.54) is 16.4 Å². The maximum absolute atomic E-state index is 13.6. The maximum Gasteiger partial charge on any atom is 0.416 e. The summed E-state index contributed by atoms with van der Waals surface area (Å²) in [5.74, 6) is 0. The molecule has 0 aliphatic carbocycles. The molecule has 3 aromatic carbocycles. The first-order valence-corrected chi connectivity index (χ1v) is 11.5. The number of anilines is 1. The van der Waals surface area contributed by atoms with E-state index < -0.39 is 21.8 Å². The van der Waals surface area contributed by atoms with Gasteiger partial charge in [-0.2, -0.15) is 18.3 Å². The van der Waals surface area contributed by atoms with Gasteiger partial charge in [-0.3, -0.25) is 9.40 Å². The van der Waals surface area contributed by atoms with Gasteiger partial charge in [-0.05, 0) is 37.3 Å². The van der Waals surface area contributed by atoms with Crippen LogP contribution >= 0.6 is 0 Å². The number of aromatic nitrogens is 2. The summed E-state index contributed by atoms with van der Waals surface area (Å²) < 4.78 is 67.4. The van der Waals surface area contributed by atoms with Crippen molar-refractivity contribution in [1.82, 2.24) is 10.2 Å². The lowest BCUT2D eigenvalue weighted by atomic mass is 9.97. The highest BCUT2D eigenvalue weighted by Crippen LogP contribution is 2.43. The molecule has 0 amide bonds. The van der Waals surface area contributed by atoms with Gasteiger partial charge in [0, 0.05) is 16.7 Å². The maximum atomic E-state index is 13.6. The summed E-state index contributed by atoms with van der Waals surface area (Å²) in [6.45, 7) is 1.87.